The smallest absolute Gasteiger partial charge is 0.164 e. The molecular formula is C54H40N4. The molecule has 0 fully saturated rings. The normalized spacial score (nSPS) is 17.4. The standard InChI is InChI=1S/C54H40N4/c1-34-29-45(35(2)33-55-32-34)40-26-28-49-46(30-40)43-18-10-12-20-48(43)54(49)47-19-11-9-17-42(47)44-27-25-41(31-50(44)54)53-57-51(38-15-7-4-8-16-38)56-52(58-53)39-23-21-37(22-24-39)36-13-5-3-6-14-36/h3-9,11,13-33,55H,10,12H2,1-2H3. The molecule has 4 heteroatoms. The Labute approximate surface area is 339 Å². The van der Waals surface area contributed by atoms with Gasteiger partial charge in [-0.15, -0.1) is 0 Å². The van der Waals surface area contributed by atoms with Crippen LogP contribution in [-0.4, -0.2) is 15.0 Å². The quantitative estimate of drug-likeness (QED) is 0.191. The summed E-state index contributed by atoms with van der Waals surface area (Å²) in [5.74, 6) is 1.97. The van der Waals surface area contributed by atoms with Crippen molar-refractivity contribution in [1.29, 1.82) is 0 Å². The van der Waals surface area contributed by atoms with Crippen LogP contribution in [0, 0.1) is 0 Å². The molecule has 0 amide bonds. The molecule has 276 valence electrons. The SMILES string of the molecule is CC1=CNC=C(C)C(c2ccc3c(c2)C2=CCCC=C2C32c3ccccc3-c3ccc(-c4nc(-c5ccccc5)nc(-c5ccc(-c6ccccc6)cc5)n4)cc32)=C1. The van der Waals surface area contributed by atoms with Gasteiger partial charge in [-0.3, -0.25) is 0 Å². The largest absolute Gasteiger partial charge is 0.367 e. The first-order valence-electron chi connectivity index (χ1n) is 20.2. The fraction of sp³-hybridized carbons (Fsp3) is 0.0926. The van der Waals surface area contributed by atoms with Crippen LogP contribution in [0.4, 0.5) is 0 Å². The highest BCUT2D eigenvalue weighted by atomic mass is 15.0. The van der Waals surface area contributed by atoms with E-state index in [4.69, 9.17) is 15.0 Å². The third-order valence-corrected chi connectivity index (χ3v) is 12.2. The minimum absolute atomic E-state index is 0.465. The van der Waals surface area contributed by atoms with Crippen LogP contribution in [0.2, 0.25) is 0 Å². The van der Waals surface area contributed by atoms with Crippen LogP contribution in [0.3, 0.4) is 0 Å². The van der Waals surface area contributed by atoms with E-state index in [1.807, 2.05) is 24.3 Å². The summed E-state index contributed by atoms with van der Waals surface area (Å²) < 4.78 is 0. The zero-order valence-corrected chi connectivity index (χ0v) is 32.5. The van der Waals surface area contributed by atoms with Crippen molar-refractivity contribution in [2.75, 3.05) is 0 Å². The maximum Gasteiger partial charge on any atom is 0.164 e. The Balaban J connectivity index is 1.10. The Morgan fingerprint density at radius 2 is 1.02 bits per heavy atom. The molecule has 1 aromatic heterocycles. The fourth-order valence-corrected chi connectivity index (χ4v) is 9.55. The molecule has 11 rings (SSSR count). The Morgan fingerprint density at radius 3 is 1.79 bits per heavy atom. The van der Waals surface area contributed by atoms with E-state index in [1.54, 1.807) is 0 Å². The van der Waals surface area contributed by atoms with Gasteiger partial charge in [0.05, 0.1) is 5.41 Å². The molecule has 1 unspecified atom stereocenters. The number of allylic oxidation sites excluding steroid dienone is 8. The number of nitrogens with zero attached hydrogens (tertiary/aromatic N) is 3. The van der Waals surface area contributed by atoms with Crippen molar-refractivity contribution < 1.29 is 0 Å². The maximum absolute atomic E-state index is 5.23. The van der Waals surface area contributed by atoms with Crippen LogP contribution in [0.15, 0.2) is 193 Å². The zero-order chi connectivity index (χ0) is 38.8. The molecule has 58 heavy (non-hydrogen) atoms. The number of benzene rings is 6. The minimum Gasteiger partial charge on any atom is -0.367 e. The first-order valence-corrected chi connectivity index (χ1v) is 20.2. The molecule has 0 bridgehead atoms. The van der Waals surface area contributed by atoms with Gasteiger partial charge in [-0.05, 0) is 123 Å². The predicted octanol–water partition coefficient (Wildman–Crippen LogP) is 12.8. The monoisotopic (exact) mass is 744 g/mol. The van der Waals surface area contributed by atoms with Gasteiger partial charge in [0.15, 0.2) is 17.5 Å². The summed E-state index contributed by atoms with van der Waals surface area (Å²) in [5, 5.41) is 3.35. The average molecular weight is 745 g/mol. The van der Waals surface area contributed by atoms with Gasteiger partial charge < -0.3 is 5.32 Å². The number of hydrogen-bond donors (Lipinski definition) is 1. The molecule has 4 aliphatic rings. The average Bonchev–Trinajstić information content (AvgIpc) is 3.67. The molecule has 0 saturated carbocycles. The Hall–Kier alpha value is -7.17. The van der Waals surface area contributed by atoms with Crippen LogP contribution >= 0.6 is 0 Å². The third kappa shape index (κ3) is 5.33. The van der Waals surface area contributed by atoms with Gasteiger partial charge in [0.1, 0.15) is 0 Å². The van der Waals surface area contributed by atoms with Crippen molar-refractivity contribution in [3.8, 4) is 56.4 Å². The first kappa shape index (κ1) is 34.1. The fourth-order valence-electron chi connectivity index (χ4n) is 9.55. The van der Waals surface area contributed by atoms with Crippen molar-refractivity contribution in [2.45, 2.75) is 32.1 Å². The highest BCUT2D eigenvalue weighted by Gasteiger charge is 2.53. The van der Waals surface area contributed by atoms with E-state index in [1.165, 1.54) is 72.4 Å². The van der Waals surface area contributed by atoms with Gasteiger partial charge in [-0.2, -0.15) is 0 Å². The van der Waals surface area contributed by atoms with E-state index in [0.717, 1.165) is 35.1 Å². The van der Waals surface area contributed by atoms with Gasteiger partial charge in [0.2, 0.25) is 0 Å². The molecule has 0 saturated heterocycles. The summed E-state index contributed by atoms with van der Waals surface area (Å²) in [7, 11) is 0. The van der Waals surface area contributed by atoms with Crippen molar-refractivity contribution >= 4 is 11.1 Å². The predicted molar refractivity (Wildman–Crippen MR) is 237 cm³/mol. The Morgan fingerprint density at radius 1 is 0.448 bits per heavy atom. The van der Waals surface area contributed by atoms with Crippen molar-refractivity contribution in [1.82, 2.24) is 20.3 Å². The molecule has 1 spiro atoms. The van der Waals surface area contributed by atoms with Crippen LogP contribution in [0.1, 0.15) is 54.5 Å². The van der Waals surface area contributed by atoms with E-state index < -0.39 is 5.41 Å². The van der Waals surface area contributed by atoms with Crippen molar-refractivity contribution in [2.24, 2.45) is 0 Å². The van der Waals surface area contributed by atoms with Gasteiger partial charge in [0, 0.05) is 29.1 Å². The summed E-state index contributed by atoms with van der Waals surface area (Å²) >= 11 is 0. The molecule has 1 atom stereocenters. The highest BCUT2D eigenvalue weighted by molar-refractivity contribution is 6.01. The second-order valence-corrected chi connectivity index (χ2v) is 15.7. The van der Waals surface area contributed by atoms with E-state index in [2.05, 4.69) is 171 Å². The van der Waals surface area contributed by atoms with Crippen molar-refractivity contribution in [3.63, 3.8) is 0 Å². The topological polar surface area (TPSA) is 50.7 Å². The number of rotatable bonds is 5. The molecule has 3 aliphatic carbocycles. The van der Waals surface area contributed by atoms with Gasteiger partial charge in [0.25, 0.3) is 0 Å². The van der Waals surface area contributed by atoms with Crippen LogP contribution in [-0.2, 0) is 5.41 Å². The minimum atomic E-state index is -0.465. The summed E-state index contributed by atoms with van der Waals surface area (Å²) in [6.45, 7) is 4.34. The van der Waals surface area contributed by atoms with Crippen LogP contribution in [0.5, 0.6) is 0 Å². The number of aromatic nitrogens is 3. The highest BCUT2D eigenvalue weighted by Crippen LogP contribution is 2.65. The number of nitrogens with one attached hydrogen (secondary N) is 1. The second-order valence-electron chi connectivity index (χ2n) is 15.7. The lowest BCUT2D eigenvalue weighted by Gasteiger charge is -2.32. The summed E-state index contributed by atoms with van der Waals surface area (Å²) in [4.78, 5) is 15.5. The molecule has 1 N–H and O–H groups in total. The second kappa shape index (κ2) is 13.5. The van der Waals surface area contributed by atoms with E-state index >= 15 is 0 Å². The van der Waals surface area contributed by atoms with Gasteiger partial charge in [-0.1, -0.05) is 146 Å². The van der Waals surface area contributed by atoms with E-state index in [-0.39, 0.29) is 0 Å². The van der Waals surface area contributed by atoms with Gasteiger partial charge >= 0.3 is 0 Å². The molecule has 6 aromatic carbocycles. The van der Waals surface area contributed by atoms with Gasteiger partial charge in [-0.25, -0.2) is 15.0 Å². The number of hydrogen-bond acceptors (Lipinski definition) is 4. The molecule has 2 heterocycles. The Kier molecular flexibility index (Phi) is 7.94. The molecular weight excluding hydrogens is 705 g/mol. The molecule has 1 aliphatic heterocycles. The maximum atomic E-state index is 5.23. The van der Waals surface area contributed by atoms with Crippen molar-refractivity contribution in [3.05, 3.63) is 221 Å². The lowest BCUT2D eigenvalue weighted by molar-refractivity contribution is 0.782. The Bertz CT molecular complexity index is 2970. The zero-order valence-electron chi connectivity index (χ0n) is 32.5. The lowest BCUT2D eigenvalue weighted by atomic mass is 9.69. The molecule has 7 aromatic rings. The molecule has 0 radical (unpaired) electrons. The van der Waals surface area contributed by atoms with E-state index in [9.17, 15) is 0 Å². The lowest BCUT2D eigenvalue weighted by Crippen LogP contribution is -2.26. The summed E-state index contributed by atoms with van der Waals surface area (Å²) in [6.07, 6.45) is 13.5. The van der Waals surface area contributed by atoms with Crippen LogP contribution < -0.4 is 5.32 Å². The van der Waals surface area contributed by atoms with Crippen LogP contribution in [0.25, 0.3) is 67.6 Å². The molecule has 4 nitrogen and oxygen atoms in total. The first-order chi connectivity index (χ1) is 28.6. The summed E-state index contributed by atoms with van der Waals surface area (Å²) in [6, 6.07) is 52.3. The van der Waals surface area contributed by atoms with E-state index in [0.29, 0.717) is 17.5 Å². The third-order valence-electron chi connectivity index (χ3n) is 12.2. The number of fused-ring (bicyclic) bond motifs is 10. The summed E-state index contributed by atoms with van der Waals surface area (Å²) in [5.41, 5.74) is 20.2.